The summed E-state index contributed by atoms with van der Waals surface area (Å²) in [6.45, 7) is 1.39. The van der Waals surface area contributed by atoms with Gasteiger partial charge in [0.05, 0.1) is 30.8 Å². The Morgan fingerprint density at radius 1 is 1.11 bits per heavy atom. The third-order valence-electron chi connectivity index (χ3n) is 5.21. The average Bonchev–Trinajstić information content (AvgIpc) is 3.17. The topological polar surface area (TPSA) is 67.5 Å². The number of aromatic nitrogens is 2. The summed E-state index contributed by atoms with van der Waals surface area (Å²) < 4.78 is 10.6. The van der Waals surface area contributed by atoms with E-state index in [-0.39, 0.29) is 5.91 Å². The van der Waals surface area contributed by atoms with Crippen molar-refractivity contribution < 1.29 is 14.3 Å². The first-order chi connectivity index (χ1) is 13.2. The smallest absolute Gasteiger partial charge is 0.257 e. The number of H-pyrrole nitrogens is 1. The van der Waals surface area contributed by atoms with Crippen LogP contribution < -0.4 is 9.47 Å². The molecule has 27 heavy (non-hydrogen) atoms. The molecule has 1 aromatic heterocycles. The molecule has 1 saturated heterocycles. The van der Waals surface area contributed by atoms with E-state index in [0.717, 1.165) is 29.7 Å². The number of amides is 1. The van der Waals surface area contributed by atoms with Crippen molar-refractivity contribution in [2.45, 2.75) is 18.8 Å². The number of likely N-dealkylation sites (tertiary alicyclic amines) is 1. The van der Waals surface area contributed by atoms with Gasteiger partial charge in [0.15, 0.2) is 0 Å². The molecule has 1 fully saturated rings. The van der Waals surface area contributed by atoms with Crippen LogP contribution >= 0.6 is 0 Å². The number of rotatable bonds is 4. The minimum atomic E-state index is -0.0196. The second-order valence-corrected chi connectivity index (χ2v) is 6.77. The number of carbonyl (C=O) groups excluding carboxylic acids is 1. The van der Waals surface area contributed by atoms with Crippen molar-refractivity contribution in [1.29, 1.82) is 0 Å². The van der Waals surface area contributed by atoms with Crippen molar-refractivity contribution in [3.63, 3.8) is 0 Å². The molecule has 1 amide bonds. The lowest BCUT2D eigenvalue weighted by Gasteiger charge is -2.31. The van der Waals surface area contributed by atoms with Crippen molar-refractivity contribution in [1.82, 2.24) is 14.9 Å². The molecule has 0 radical (unpaired) electrons. The molecule has 3 aromatic rings. The average molecular weight is 365 g/mol. The molecule has 4 rings (SSSR count). The van der Waals surface area contributed by atoms with Gasteiger partial charge in [-0.3, -0.25) is 4.79 Å². The molecule has 2 aromatic carbocycles. The minimum Gasteiger partial charge on any atom is -0.497 e. The fraction of sp³-hybridized carbons (Fsp3) is 0.333. The van der Waals surface area contributed by atoms with E-state index in [0.29, 0.717) is 36.1 Å². The zero-order valence-corrected chi connectivity index (χ0v) is 15.6. The molecule has 1 aliphatic heterocycles. The summed E-state index contributed by atoms with van der Waals surface area (Å²) in [4.78, 5) is 23.0. The van der Waals surface area contributed by atoms with E-state index in [1.165, 1.54) is 0 Å². The molecule has 1 N–H and O–H groups in total. The normalized spacial score (nSPS) is 15.1. The third-order valence-corrected chi connectivity index (χ3v) is 5.21. The van der Waals surface area contributed by atoms with Gasteiger partial charge >= 0.3 is 0 Å². The Labute approximate surface area is 158 Å². The van der Waals surface area contributed by atoms with Crippen molar-refractivity contribution in [2.75, 3.05) is 27.3 Å². The van der Waals surface area contributed by atoms with Gasteiger partial charge in [0, 0.05) is 19.0 Å². The number of hydrogen-bond acceptors (Lipinski definition) is 4. The van der Waals surface area contributed by atoms with E-state index in [1.54, 1.807) is 32.4 Å². The van der Waals surface area contributed by atoms with Gasteiger partial charge in [0.1, 0.15) is 17.3 Å². The predicted molar refractivity (Wildman–Crippen MR) is 104 cm³/mol. The van der Waals surface area contributed by atoms with E-state index < -0.39 is 0 Å². The van der Waals surface area contributed by atoms with Gasteiger partial charge in [0.2, 0.25) is 0 Å². The number of fused-ring (bicyclic) bond motifs is 1. The molecule has 0 aliphatic carbocycles. The number of benzene rings is 2. The Bertz CT molecular complexity index is 925. The standard InChI is InChI=1S/C21H23N3O3/c1-26-15-7-8-19(27-2)16(13-15)21(25)24-11-9-14(10-12-24)20-22-17-5-3-4-6-18(17)23-20/h3-8,13-14H,9-12H2,1-2H3,(H,22,23). The molecule has 0 spiro atoms. The lowest BCUT2D eigenvalue weighted by Crippen LogP contribution is -2.38. The first-order valence-electron chi connectivity index (χ1n) is 9.15. The van der Waals surface area contributed by atoms with Crippen molar-refractivity contribution in [3.05, 3.63) is 53.9 Å². The number of nitrogens with one attached hydrogen (secondary N) is 1. The third kappa shape index (κ3) is 3.35. The highest BCUT2D eigenvalue weighted by atomic mass is 16.5. The maximum atomic E-state index is 13.0. The van der Waals surface area contributed by atoms with Crippen LogP contribution in [0.5, 0.6) is 11.5 Å². The van der Waals surface area contributed by atoms with Crippen LogP contribution in [-0.4, -0.2) is 48.1 Å². The van der Waals surface area contributed by atoms with Crippen molar-refractivity contribution >= 4 is 16.9 Å². The molecule has 0 bridgehead atoms. The van der Waals surface area contributed by atoms with Gasteiger partial charge < -0.3 is 19.4 Å². The van der Waals surface area contributed by atoms with Crippen LogP contribution in [0.4, 0.5) is 0 Å². The maximum absolute atomic E-state index is 13.0. The first kappa shape index (κ1) is 17.4. The lowest BCUT2D eigenvalue weighted by atomic mass is 9.95. The van der Waals surface area contributed by atoms with E-state index in [9.17, 15) is 4.79 Å². The number of nitrogens with zero attached hydrogens (tertiary/aromatic N) is 2. The van der Waals surface area contributed by atoms with Crippen LogP contribution in [-0.2, 0) is 0 Å². The fourth-order valence-electron chi connectivity index (χ4n) is 3.67. The van der Waals surface area contributed by atoms with Gasteiger partial charge in [-0.2, -0.15) is 0 Å². The monoisotopic (exact) mass is 365 g/mol. The van der Waals surface area contributed by atoms with Crippen LogP contribution in [0, 0.1) is 0 Å². The Balaban J connectivity index is 1.48. The number of ether oxygens (including phenoxy) is 2. The predicted octanol–water partition coefficient (Wildman–Crippen LogP) is 3.60. The van der Waals surface area contributed by atoms with Gasteiger partial charge in [0.25, 0.3) is 5.91 Å². The number of carbonyl (C=O) groups is 1. The van der Waals surface area contributed by atoms with Gasteiger partial charge in [-0.05, 0) is 43.2 Å². The number of piperidine rings is 1. The highest BCUT2D eigenvalue weighted by Crippen LogP contribution is 2.30. The van der Waals surface area contributed by atoms with E-state index in [4.69, 9.17) is 14.5 Å². The fourth-order valence-corrected chi connectivity index (χ4v) is 3.67. The molecule has 0 unspecified atom stereocenters. The SMILES string of the molecule is COc1ccc(OC)c(C(=O)N2CCC(c3nc4ccccc4[nH]3)CC2)c1. The molecule has 0 saturated carbocycles. The molecule has 1 aliphatic rings. The van der Waals surface area contributed by atoms with E-state index >= 15 is 0 Å². The lowest BCUT2D eigenvalue weighted by molar-refractivity contribution is 0.0707. The van der Waals surface area contributed by atoms with Crippen molar-refractivity contribution in [3.8, 4) is 11.5 Å². The molecule has 6 nitrogen and oxygen atoms in total. The zero-order chi connectivity index (χ0) is 18.8. The van der Waals surface area contributed by atoms with Gasteiger partial charge in [-0.25, -0.2) is 4.98 Å². The van der Waals surface area contributed by atoms with Crippen LogP contribution in [0.25, 0.3) is 11.0 Å². The van der Waals surface area contributed by atoms with Crippen molar-refractivity contribution in [2.24, 2.45) is 0 Å². The summed E-state index contributed by atoms with van der Waals surface area (Å²) in [7, 11) is 3.17. The zero-order valence-electron chi connectivity index (χ0n) is 15.6. The van der Waals surface area contributed by atoms with Crippen LogP contribution in [0.3, 0.4) is 0 Å². The first-order valence-corrected chi connectivity index (χ1v) is 9.15. The molecule has 2 heterocycles. The second-order valence-electron chi connectivity index (χ2n) is 6.77. The molecule has 0 atom stereocenters. The Morgan fingerprint density at radius 2 is 1.89 bits per heavy atom. The molecule has 6 heteroatoms. The highest BCUT2D eigenvalue weighted by Gasteiger charge is 2.28. The number of para-hydroxylation sites is 2. The highest BCUT2D eigenvalue weighted by molar-refractivity contribution is 5.97. The summed E-state index contributed by atoms with van der Waals surface area (Å²) in [6, 6.07) is 13.4. The molecular weight excluding hydrogens is 342 g/mol. The number of aromatic amines is 1. The maximum Gasteiger partial charge on any atom is 0.257 e. The van der Waals surface area contributed by atoms with Gasteiger partial charge in [-0.1, -0.05) is 12.1 Å². The van der Waals surface area contributed by atoms with Crippen LogP contribution in [0.1, 0.15) is 34.9 Å². The summed E-state index contributed by atoms with van der Waals surface area (Å²) in [5, 5.41) is 0. The largest absolute Gasteiger partial charge is 0.497 e. The Hall–Kier alpha value is -3.02. The van der Waals surface area contributed by atoms with E-state index in [2.05, 4.69) is 4.98 Å². The number of hydrogen-bond donors (Lipinski definition) is 1. The molecule has 140 valence electrons. The minimum absolute atomic E-state index is 0.0196. The van der Waals surface area contributed by atoms with Crippen LogP contribution in [0.15, 0.2) is 42.5 Å². The summed E-state index contributed by atoms with van der Waals surface area (Å²) in [5.74, 6) is 2.56. The molecular formula is C21H23N3O3. The Kier molecular flexibility index (Phi) is 4.71. The summed E-state index contributed by atoms with van der Waals surface area (Å²) in [5.41, 5.74) is 2.60. The summed E-state index contributed by atoms with van der Waals surface area (Å²) in [6.07, 6.45) is 1.77. The second kappa shape index (κ2) is 7.31. The van der Waals surface area contributed by atoms with E-state index in [1.807, 2.05) is 29.2 Å². The number of methoxy groups -OCH3 is 2. The van der Waals surface area contributed by atoms with Crippen LogP contribution in [0.2, 0.25) is 0 Å². The van der Waals surface area contributed by atoms with Gasteiger partial charge in [-0.15, -0.1) is 0 Å². The summed E-state index contributed by atoms with van der Waals surface area (Å²) >= 11 is 0. The quantitative estimate of drug-likeness (QED) is 0.767. The number of imidazole rings is 1. The Morgan fingerprint density at radius 3 is 2.59 bits per heavy atom.